The molecule has 11 heteroatoms. The fourth-order valence-electron chi connectivity index (χ4n) is 3.72. The molecular formula is C27H32FN5O4S. The fourth-order valence-corrected chi connectivity index (χ4v) is 4.40. The SMILES string of the molecule is CC.COc1cccc(-c2nnc(NSCC(O)c3ccc(F)cc3C)n2-c2c(OC)cccc2OC)n1. The summed E-state index contributed by atoms with van der Waals surface area (Å²) in [5.41, 5.74) is 2.43. The highest BCUT2D eigenvalue weighted by Gasteiger charge is 2.23. The number of halogens is 1. The van der Waals surface area contributed by atoms with Crippen molar-refractivity contribution in [2.24, 2.45) is 0 Å². The van der Waals surface area contributed by atoms with Crippen LogP contribution in [0.3, 0.4) is 0 Å². The van der Waals surface area contributed by atoms with E-state index in [1.54, 1.807) is 56.0 Å². The third kappa shape index (κ3) is 6.35. The molecular weight excluding hydrogens is 509 g/mol. The molecule has 0 saturated heterocycles. The highest BCUT2D eigenvalue weighted by atomic mass is 32.2. The van der Waals surface area contributed by atoms with Crippen LogP contribution in [-0.2, 0) is 0 Å². The zero-order chi connectivity index (χ0) is 27.7. The highest BCUT2D eigenvalue weighted by Crippen LogP contribution is 2.38. The molecule has 0 aliphatic rings. The Hall–Kier alpha value is -3.83. The standard InChI is InChI=1S/C25H26FN5O4S.C2H6/c1-15-13-16(26)11-12-17(15)19(32)14-36-30-25-29-28-24(18-7-5-10-22(27-18)35-4)31(25)23-20(33-2)8-6-9-21(23)34-3;1-2/h5-13,19,32H,14H2,1-4H3,(H,29,30);1-2H3. The molecule has 0 spiro atoms. The second-order valence-corrected chi connectivity index (χ2v) is 8.51. The number of hydrogen-bond donors (Lipinski definition) is 2. The highest BCUT2D eigenvalue weighted by molar-refractivity contribution is 8.00. The number of methoxy groups -OCH3 is 3. The van der Waals surface area contributed by atoms with Gasteiger partial charge in [0.1, 0.15) is 28.7 Å². The second kappa shape index (κ2) is 13.6. The van der Waals surface area contributed by atoms with Gasteiger partial charge in [0.25, 0.3) is 0 Å². The van der Waals surface area contributed by atoms with E-state index in [4.69, 9.17) is 14.2 Å². The number of aromatic nitrogens is 4. The molecule has 2 aromatic heterocycles. The molecule has 202 valence electrons. The normalized spacial score (nSPS) is 11.3. The molecule has 0 saturated carbocycles. The molecule has 2 heterocycles. The van der Waals surface area contributed by atoms with E-state index in [0.29, 0.717) is 51.7 Å². The summed E-state index contributed by atoms with van der Waals surface area (Å²) in [7, 11) is 4.67. The zero-order valence-electron chi connectivity index (χ0n) is 22.2. The molecule has 0 radical (unpaired) electrons. The van der Waals surface area contributed by atoms with Gasteiger partial charge >= 0.3 is 0 Å². The first-order chi connectivity index (χ1) is 18.5. The van der Waals surface area contributed by atoms with Gasteiger partial charge in [0.2, 0.25) is 11.8 Å². The lowest BCUT2D eigenvalue weighted by atomic mass is 10.0. The predicted octanol–water partition coefficient (Wildman–Crippen LogP) is 5.62. The average Bonchev–Trinajstić information content (AvgIpc) is 3.36. The summed E-state index contributed by atoms with van der Waals surface area (Å²) < 4.78 is 34.9. The van der Waals surface area contributed by atoms with E-state index in [9.17, 15) is 9.50 Å². The number of aliphatic hydroxyl groups is 1. The molecule has 0 fully saturated rings. The largest absolute Gasteiger partial charge is 0.494 e. The van der Waals surface area contributed by atoms with Gasteiger partial charge in [0.15, 0.2) is 5.82 Å². The molecule has 4 aromatic rings. The number of ether oxygens (including phenoxy) is 3. The van der Waals surface area contributed by atoms with Crippen molar-refractivity contribution in [2.75, 3.05) is 31.8 Å². The van der Waals surface area contributed by atoms with Gasteiger partial charge in [-0.15, -0.1) is 10.2 Å². The molecule has 2 N–H and O–H groups in total. The van der Waals surface area contributed by atoms with Crippen LogP contribution in [0.5, 0.6) is 17.4 Å². The molecule has 0 bridgehead atoms. The maximum Gasteiger partial charge on any atom is 0.239 e. The van der Waals surface area contributed by atoms with Gasteiger partial charge in [-0.3, -0.25) is 9.29 Å². The number of aliphatic hydroxyl groups excluding tert-OH is 1. The van der Waals surface area contributed by atoms with Gasteiger partial charge in [-0.05, 0) is 60.3 Å². The minimum Gasteiger partial charge on any atom is -0.494 e. The number of rotatable bonds is 10. The number of nitrogens with one attached hydrogen (secondary N) is 1. The van der Waals surface area contributed by atoms with Gasteiger partial charge in [-0.1, -0.05) is 32.0 Å². The van der Waals surface area contributed by atoms with Gasteiger partial charge < -0.3 is 19.3 Å². The summed E-state index contributed by atoms with van der Waals surface area (Å²) >= 11 is 1.23. The van der Waals surface area contributed by atoms with E-state index in [2.05, 4.69) is 19.9 Å². The number of para-hydroxylation sites is 1. The van der Waals surface area contributed by atoms with Crippen LogP contribution < -0.4 is 18.9 Å². The molecule has 9 nitrogen and oxygen atoms in total. The summed E-state index contributed by atoms with van der Waals surface area (Å²) in [6, 6.07) is 15.1. The van der Waals surface area contributed by atoms with E-state index in [1.807, 2.05) is 26.0 Å². The van der Waals surface area contributed by atoms with Crippen molar-refractivity contribution >= 4 is 17.9 Å². The lowest BCUT2D eigenvalue weighted by Gasteiger charge is -2.18. The van der Waals surface area contributed by atoms with Gasteiger partial charge in [-0.2, -0.15) is 0 Å². The summed E-state index contributed by atoms with van der Waals surface area (Å²) in [6.07, 6.45) is -0.820. The van der Waals surface area contributed by atoms with Crippen LogP contribution in [0, 0.1) is 12.7 Å². The van der Waals surface area contributed by atoms with Crippen molar-refractivity contribution in [3.8, 4) is 34.6 Å². The Balaban J connectivity index is 0.00000195. The van der Waals surface area contributed by atoms with Gasteiger partial charge in [0.05, 0.1) is 27.4 Å². The number of hydrogen-bond acceptors (Lipinski definition) is 9. The van der Waals surface area contributed by atoms with Crippen LogP contribution in [0.15, 0.2) is 54.6 Å². The Bertz CT molecular complexity index is 1330. The monoisotopic (exact) mass is 541 g/mol. The molecule has 0 amide bonds. The molecule has 1 atom stereocenters. The van der Waals surface area contributed by atoms with Crippen molar-refractivity contribution in [1.29, 1.82) is 0 Å². The van der Waals surface area contributed by atoms with Gasteiger partial charge in [0, 0.05) is 11.8 Å². The first-order valence-electron chi connectivity index (χ1n) is 12.0. The summed E-state index contributed by atoms with van der Waals surface area (Å²) in [4.78, 5) is 4.50. The van der Waals surface area contributed by atoms with Crippen molar-refractivity contribution < 1.29 is 23.7 Å². The Morgan fingerprint density at radius 2 is 1.66 bits per heavy atom. The van der Waals surface area contributed by atoms with Crippen LogP contribution >= 0.6 is 11.9 Å². The number of pyridine rings is 1. The van der Waals surface area contributed by atoms with E-state index in [-0.39, 0.29) is 11.6 Å². The molecule has 2 aromatic carbocycles. The van der Waals surface area contributed by atoms with Crippen molar-refractivity contribution in [2.45, 2.75) is 26.9 Å². The third-order valence-corrected chi connectivity index (χ3v) is 6.26. The lowest BCUT2D eigenvalue weighted by molar-refractivity contribution is 0.203. The fraction of sp³-hybridized carbons (Fsp3) is 0.296. The van der Waals surface area contributed by atoms with E-state index >= 15 is 0 Å². The van der Waals surface area contributed by atoms with Crippen LogP contribution in [0.1, 0.15) is 31.1 Å². The first-order valence-corrected chi connectivity index (χ1v) is 13.0. The van der Waals surface area contributed by atoms with Crippen LogP contribution in [0.2, 0.25) is 0 Å². The quantitative estimate of drug-likeness (QED) is 0.248. The topological polar surface area (TPSA) is 104 Å². The number of aryl methyl sites for hydroxylation is 1. The minimum atomic E-state index is -0.820. The number of nitrogens with zero attached hydrogens (tertiary/aromatic N) is 4. The third-order valence-electron chi connectivity index (χ3n) is 5.45. The van der Waals surface area contributed by atoms with Crippen molar-refractivity contribution in [1.82, 2.24) is 19.7 Å². The summed E-state index contributed by atoms with van der Waals surface area (Å²) in [5.74, 6) is 2.22. The predicted molar refractivity (Wildman–Crippen MR) is 148 cm³/mol. The first kappa shape index (κ1) is 28.7. The summed E-state index contributed by atoms with van der Waals surface area (Å²) in [5, 5.41) is 19.4. The van der Waals surface area contributed by atoms with E-state index < -0.39 is 6.10 Å². The molecule has 1 unspecified atom stereocenters. The van der Waals surface area contributed by atoms with Crippen molar-refractivity contribution in [3.63, 3.8) is 0 Å². The summed E-state index contributed by atoms with van der Waals surface area (Å²) in [6.45, 7) is 5.76. The Kier molecular flexibility index (Phi) is 10.3. The molecule has 38 heavy (non-hydrogen) atoms. The maximum absolute atomic E-state index is 13.5. The lowest BCUT2D eigenvalue weighted by Crippen LogP contribution is -2.09. The van der Waals surface area contributed by atoms with E-state index in [0.717, 1.165) is 0 Å². The van der Waals surface area contributed by atoms with Crippen molar-refractivity contribution in [3.05, 3.63) is 71.5 Å². The van der Waals surface area contributed by atoms with Crippen LogP contribution in [0.25, 0.3) is 17.2 Å². The Morgan fingerprint density at radius 3 is 2.29 bits per heavy atom. The second-order valence-electron chi connectivity index (χ2n) is 7.69. The zero-order valence-corrected chi connectivity index (χ0v) is 23.0. The van der Waals surface area contributed by atoms with Crippen LogP contribution in [0.4, 0.5) is 10.3 Å². The van der Waals surface area contributed by atoms with Crippen LogP contribution in [-0.4, -0.2) is 51.9 Å². The van der Waals surface area contributed by atoms with E-state index in [1.165, 1.54) is 31.2 Å². The maximum atomic E-state index is 13.5. The van der Waals surface area contributed by atoms with Gasteiger partial charge in [-0.25, -0.2) is 9.37 Å². The Labute approximate surface area is 226 Å². The smallest absolute Gasteiger partial charge is 0.239 e. The molecule has 0 aliphatic carbocycles. The molecule has 0 aliphatic heterocycles. The average molecular weight is 542 g/mol. The molecule has 4 rings (SSSR count). The number of benzene rings is 2. The number of anilines is 1. The minimum absolute atomic E-state index is 0.273. The Morgan fingerprint density at radius 1 is 0.974 bits per heavy atom.